The second-order valence-electron chi connectivity index (χ2n) is 8.55. The number of amides is 1. The van der Waals surface area contributed by atoms with Gasteiger partial charge in [-0.15, -0.1) is 0 Å². The number of benzene rings is 1. The Bertz CT molecular complexity index is 1250. The Hall–Kier alpha value is -3.81. The number of hydrogen-bond acceptors (Lipinski definition) is 7. The predicted octanol–water partition coefficient (Wildman–Crippen LogP) is 3.81. The van der Waals surface area contributed by atoms with Gasteiger partial charge in [0.25, 0.3) is 0 Å². The van der Waals surface area contributed by atoms with Gasteiger partial charge in [-0.25, -0.2) is 15.0 Å². The summed E-state index contributed by atoms with van der Waals surface area (Å²) >= 11 is 0. The Morgan fingerprint density at radius 2 is 1.81 bits per heavy atom. The molecule has 162 valence electrons. The van der Waals surface area contributed by atoms with Crippen LogP contribution in [0.1, 0.15) is 30.9 Å². The van der Waals surface area contributed by atoms with E-state index in [-0.39, 0.29) is 5.91 Å². The third kappa shape index (κ3) is 3.02. The Balaban J connectivity index is 1.63. The van der Waals surface area contributed by atoms with Crippen LogP contribution in [0.3, 0.4) is 0 Å². The minimum absolute atomic E-state index is 0.0505. The van der Waals surface area contributed by atoms with Crippen molar-refractivity contribution in [1.29, 1.82) is 0 Å². The maximum absolute atomic E-state index is 13.5. The zero-order valence-electron chi connectivity index (χ0n) is 18.6. The van der Waals surface area contributed by atoms with E-state index in [4.69, 9.17) is 9.72 Å². The largest absolute Gasteiger partial charge is 0.477 e. The molecule has 1 saturated heterocycles. The molecule has 2 aliphatic rings. The molecule has 0 bridgehead atoms. The highest BCUT2D eigenvalue weighted by molar-refractivity contribution is 6.12. The molecule has 0 atom stereocenters. The molecule has 2 aromatic heterocycles. The lowest BCUT2D eigenvalue weighted by Crippen LogP contribution is -2.34. The van der Waals surface area contributed by atoms with E-state index in [1.165, 1.54) is 0 Å². The smallest absolute Gasteiger partial charge is 0.242 e. The van der Waals surface area contributed by atoms with Gasteiger partial charge in [-0.05, 0) is 51.5 Å². The predicted molar refractivity (Wildman–Crippen MR) is 122 cm³/mol. The maximum Gasteiger partial charge on any atom is 0.242 e. The summed E-state index contributed by atoms with van der Waals surface area (Å²) in [7, 11) is 0. The van der Waals surface area contributed by atoms with Gasteiger partial charge in [-0.1, -0.05) is 12.1 Å². The number of fused-ring (bicyclic) bond motifs is 1. The highest BCUT2D eigenvalue weighted by Gasteiger charge is 2.45. The third-order valence-electron chi connectivity index (χ3n) is 6.05. The van der Waals surface area contributed by atoms with Gasteiger partial charge < -0.3 is 4.74 Å². The summed E-state index contributed by atoms with van der Waals surface area (Å²) in [6, 6.07) is 6.00. The van der Waals surface area contributed by atoms with Crippen LogP contribution in [0.5, 0.6) is 0 Å². The highest BCUT2D eigenvalue weighted by atomic mass is 16.5. The summed E-state index contributed by atoms with van der Waals surface area (Å²) in [4.78, 5) is 35.0. The van der Waals surface area contributed by atoms with Crippen molar-refractivity contribution in [2.24, 2.45) is 0 Å². The molecule has 8 heteroatoms. The molecular formula is C24H24N6O2. The fourth-order valence-corrected chi connectivity index (χ4v) is 4.17. The molecule has 0 unspecified atom stereocenters. The lowest BCUT2D eigenvalue weighted by atomic mass is 9.85. The number of ether oxygens (including phenoxy) is 1. The summed E-state index contributed by atoms with van der Waals surface area (Å²) in [5.41, 5.74) is 3.61. The molecule has 8 nitrogen and oxygen atoms in total. The number of rotatable bonds is 3. The van der Waals surface area contributed by atoms with Gasteiger partial charge in [0.15, 0.2) is 17.5 Å². The third-order valence-corrected chi connectivity index (χ3v) is 6.05. The first-order chi connectivity index (χ1) is 15.3. The first kappa shape index (κ1) is 20.1. The van der Waals surface area contributed by atoms with Gasteiger partial charge in [0.2, 0.25) is 5.91 Å². The molecule has 0 saturated carbocycles. The first-order valence-electron chi connectivity index (χ1n) is 10.5. The number of aromatic nitrogens is 4. The van der Waals surface area contributed by atoms with Crippen LogP contribution in [-0.4, -0.2) is 39.0 Å². The lowest BCUT2D eigenvalue weighted by Gasteiger charge is -2.22. The van der Waals surface area contributed by atoms with E-state index in [0.29, 0.717) is 36.5 Å². The second kappa shape index (κ2) is 7.12. The average Bonchev–Trinajstić information content (AvgIpc) is 3.28. The number of hydrogen-bond donors (Lipinski definition) is 0. The number of carbonyl (C=O) groups is 1. The van der Waals surface area contributed by atoms with Gasteiger partial charge in [0.1, 0.15) is 12.4 Å². The molecular weight excluding hydrogens is 404 g/mol. The quantitative estimate of drug-likeness (QED) is 0.627. The van der Waals surface area contributed by atoms with Gasteiger partial charge >= 0.3 is 0 Å². The molecule has 3 aromatic rings. The fourth-order valence-electron chi connectivity index (χ4n) is 4.17. The Labute approximate surface area is 186 Å². The van der Waals surface area contributed by atoms with Gasteiger partial charge in [0, 0.05) is 18.0 Å². The number of nitrogens with zero attached hydrogens (tertiary/aromatic N) is 6. The van der Waals surface area contributed by atoms with Crippen LogP contribution in [0.4, 0.5) is 17.3 Å². The molecule has 1 aromatic carbocycles. The van der Waals surface area contributed by atoms with Crippen LogP contribution >= 0.6 is 0 Å². The summed E-state index contributed by atoms with van der Waals surface area (Å²) in [5, 5.41) is 0. The van der Waals surface area contributed by atoms with E-state index in [2.05, 4.69) is 21.5 Å². The van der Waals surface area contributed by atoms with Crippen LogP contribution in [0.15, 0.2) is 49.3 Å². The van der Waals surface area contributed by atoms with Crippen LogP contribution in [0.2, 0.25) is 0 Å². The average molecular weight is 428 g/mol. The number of anilines is 3. The van der Waals surface area contributed by atoms with E-state index in [0.717, 1.165) is 28.1 Å². The van der Waals surface area contributed by atoms with Crippen molar-refractivity contribution in [2.45, 2.75) is 33.1 Å². The molecule has 1 fully saturated rings. The van der Waals surface area contributed by atoms with Crippen molar-refractivity contribution < 1.29 is 9.53 Å². The first-order valence-corrected chi connectivity index (χ1v) is 10.5. The molecule has 32 heavy (non-hydrogen) atoms. The normalized spacial score (nSPS) is 17.0. The second-order valence-corrected chi connectivity index (χ2v) is 8.55. The number of carbonyl (C=O) groups excluding carboxylic acids is 1. The Kier molecular flexibility index (Phi) is 4.47. The summed E-state index contributed by atoms with van der Waals surface area (Å²) < 4.78 is 5.50. The van der Waals surface area contributed by atoms with E-state index in [1.807, 2.05) is 50.8 Å². The zero-order valence-corrected chi connectivity index (χ0v) is 18.6. The SMILES string of the molecule is C=C1OCCN1c1nc(N2C(=O)C(C)(C)c3ccc(-c4cnc(C)nc4)cc32)cnc1C. The summed E-state index contributed by atoms with van der Waals surface area (Å²) in [5.74, 6) is 2.31. The maximum atomic E-state index is 13.5. The zero-order chi connectivity index (χ0) is 22.6. The molecule has 0 spiro atoms. The van der Waals surface area contributed by atoms with Crippen molar-refractivity contribution in [3.05, 3.63) is 66.3 Å². The van der Waals surface area contributed by atoms with E-state index >= 15 is 0 Å². The van der Waals surface area contributed by atoms with E-state index in [9.17, 15) is 4.79 Å². The molecule has 0 aliphatic carbocycles. The highest BCUT2D eigenvalue weighted by Crippen LogP contribution is 2.46. The Morgan fingerprint density at radius 1 is 1.06 bits per heavy atom. The van der Waals surface area contributed by atoms with Crippen LogP contribution in [-0.2, 0) is 14.9 Å². The van der Waals surface area contributed by atoms with E-state index in [1.54, 1.807) is 23.5 Å². The lowest BCUT2D eigenvalue weighted by molar-refractivity contribution is -0.121. The molecule has 4 heterocycles. The van der Waals surface area contributed by atoms with Gasteiger partial charge in [0.05, 0.1) is 29.5 Å². The molecule has 0 N–H and O–H groups in total. The van der Waals surface area contributed by atoms with Crippen LogP contribution < -0.4 is 9.80 Å². The Morgan fingerprint density at radius 3 is 2.50 bits per heavy atom. The molecule has 1 amide bonds. The molecule has 2 aliphatic heterocycles. The number of aryl methyl sites for hydroxylation is 2. The van der Waals surface area contributed by atoms with Crippen LogP contribution in [0.25, 0.3) is 11.1 Å². The van der Waals surface area contributed by atoms with Crippen LogP contribution in [0, 0.1) is 13.8 Å². The molecule has 0 radical (unpaired) electrons. The van der Waals surface area contributed by atoms with Crippen molar-refractivity contribution in [2.75, 3.05) is 23.0 Å². The monoisotopic (exact) mass is 428 g/mol. The van der Waals surface area contributed by atoms with E-state index < -0.39 is 5.41 Å². The topological polar surface area (TPSA) is 84.3 Å². The molecule has 5 rings (SSSR count). The summed E-state index contributed by atoms with van der Waals surface area (Å²) in [6.45, 7) is 12.7. The van der Waals surface area contributed by atoms with Gasteiger partial charge in [-0.3, -0.25) is 19.6 Å². The summed E-state index contributed by atoms with van der Waals surface area (Å²) in [6.07, 6.45) is 5.22. The van der Waals surface area contributed by atoms with Gasteiger partial charge in [-0.2, -0.15) is 0 Å². The van der Waals surface area contributed by atoms with Crippen molar-refractivity contribution in [3.8, 4) is 11.1 Å². The minimum Gasteiger partial charge on any atom is -0.477 e. The fraction of sp³-hybridized carbons (Fsp3) is 0.292. The van der Waals surface area contributed by atoms with Crippen molar-refractivity contribution in [3.63, 3.8) is 0 Å². The van der Waals surface area contributed by atoms with Crippen molar-refractivity contribution >= 4 is 23.2 Å². The standard InChI is InChI=1S/C24H24N6O2/c1-14-22(29-8-9-32-16(29)3)28-21(13-25-14)30-20-10-17(18-11-26-15(2)27-12-18)6-7-19(20)24(4,5)23(30)31/h6-7,10-13H,3,8-9H2,1-2,4-5H3. The minimum atomic E-state index is -0.690. The van der Waals surface area contributed by atoms with Crippen molar-refractivity contribution in [1.82, 2.24) is 19.9 Å².